The number of benzene rings is 2. The van der Waals surface area contributed by atoms with Crippen molar-refractivity contribution in [2.75, 3.05) is 43.0 Å². The first-order chi connectivity index (χ1) is 21.9. The molecule has 45 heavy (non-hydrogen) atoms. The molecule has 0 saturated carbocycles. The van der Waals surface area contributed by atoms with Gasteiger partial charge in [-0.05, 0) is 60.3 Å². The number of aromatic nitrogens is 1. The lowest BCUT2D eigenvalue weighted by molar-refractivity contribution is -0.137. The lowest BCUT2D eigenvalue weighted by Crippen LogP contribution is -2.35. The molecular weight excluding hydrogens is 594 g/mol. The Labute approximate surface area is 264 Å². The van der Waals surface area contributed by atoms with Crippen molar-refractivity contribution in [1.82, 2.24) is 15.2 Å². The monoisotopic (exact) mass is 627 g/mol. The lowest BCUT2D eigenvalue weighted by atomic mass is 10.1. The van der Waals surface area contributed by atoms with E-state index in [1.54, 1.807) is 71.9 Å². The van der Waals surface area contributed by atoms with Gasteiger partial charge >= 0.3 is 5.97 Å². The van der Waals surface area contributed by atoms with Crippen LogP contribution in [-0.4, -0.2) is 71.5 Å². The standard InChI is InChI=1S/C33H33N5O6S/c39-30(22-44-25-8-2-1-3-9-25)35-26-19-23(32(42)36-27(20-31(40)41)29-10-5-18-45-29)11-12-28(26)37-14-6-15-38(17-16-37)33(43)24-7-4-13-34-21-24/h1-5,7-13,18-19,21,27H,6,14-17,20,22H2,(H,35,39)(H,36,42)(H,40,41). The van der Waals surface area contributed by atoms with Crippen LogP contribution in [0.2, 0.25) is 0 Å². The molecule has 1 saturated heterocycles. The summed E-state index contributed by atoms with van der Waals surface area (Å²) in [5, 5.41) is 17.0. The molecule has 2 aromatic carbocycles. The minimum Gasteiger partial charge on any atom is -0.484 e. The Bertz CT molecular complexity index is 1620. The van der Waals surface area contributed by atoms with Gasteiger partial charge in [-0.2, -0.15) is 0 Å². The summed E-state index contributed by atoms with van der Waals surface area (Å²) in [5.41, 5.74) is 1.88. The number of nitrogens with one attached hydrogen (secondary N) is 2. The highest BCUT2D eigenvalue weighted by atomic mass is 32.1. The summed E-state index contributed by atoms with van der Waals surface area (Å²) in [6, 6.07) is 20.3. The van der Waals surface area contributed by atoms with Crippen LogP contribution in [0.15, 0.2) is 90.6 Å². The van der Waals surface area contributed by atoms with E-state index in [-0.39, 0.29) is 24.5 Å². The smallest absolute Gasteiger partial charge is 0.305 e. The van der Waals surface area contributed by atoms with Crippen molar-refractivity contribution in [2.45, 2.75) is 18.9 Å². The third-order valence-electron chi connectivity index (χ3n) is 7.25. The predicted octanol–water partition coefficient (Wildman–Crippen LogP) is 4.46. The fraction of sp³-hybridized carbons (Fsp3) is 0.242. The van der Waals surface area contributed by atoms with Crippen molar-refractivity contribution in [3.63, 3.8) is 0 Å². The molecule has 1 aliphatic heterocycles. The van der Waals surface area contributed by atoms with Gasteiger partial charge in [0.15, 0.2) is 6.61 Å². The highest BCUT2D eigenvalue weighted by Crippen LogP contribution is 2.30. The van der Waals surface area contributed by atoms with Crippen LogP contribution >= 0.6 is 11.3 Å². The Hall–Kier alpha value is -5.23. The molecule has 0 spiro atoms. The highest BCUT2D eigenvalue weighted by molar-refractivity contribution is 7.10. The second kappa shape index (κ2) is 15.0. The van der Waals surface area contributed by atoms with Crippen molar-refractivity contribution >= 4 is 46.4 Å². The number of carboxylic acids is 1. The molecule has 5 rings (SSSR count). The molecule has 3 amide bonds. The minimum atomic E-state index is -1.03. The number of para-hydroxylation sites is 1. The quantitative estimate of drug-likeness (QED) is 0.221. The summed E-state index contributed by atoms with van der Waals surface area (Å²) in [5.74, 6) is -1.47. The number of rotatable bonds is 11. The molecule has 12 heteroatoms. The van der Waals surface area contributed by atoms with E-state index in [1.807, 2.05) is 23.6 Å². The third-order valence-corrected chi connectivity index (χ3v) is 8.23. The number of nitrogens with zero attached hydrogens (tertiary/aromatic N) is 3. The summed E-state index contributed by atoms with van der Waals surface area (Å²) < 4.78 is 5.63. The van der Waals surface area contributed by atoms with Gasteiger partial charge < -0.3 is 30.3 Å². The molecule has 2 aromatic heterocycles. The molecule has 3 N–H and O–H groups in total. The second-order valence-corrected chi connectivity index (χ2v) is 11.4. The molecule has 232 valence electrons. The van der Waals surface area contributed by atoms with Crippen molar-refractivity contribution in [2.24, 2.45) is 0 Å². The zero-order chi connectivity index (χ0) is 31.6. The number of ether oxygens (including phenoxy) is 1. The van der Waals surface area contributed by atoms with Crippen molar-refractivity contribution in [1.29, 1.82) is 0 Å². The number of amides is 3. The first kappa shape index (κ1) is 31.2. The third kappa shape index (κ3) is 8.45. The molecule has 1 atom stereocenters. The SMILES string of the molecule is O=C(O)CC(NC(=O)c1ccc(N2CCCN(C(=O)c3cccnc3)CC2)c(NC(=O)COc2ccccc2)c1)c1cccs1. The number of hydrogen-bond acceptors (Lipinski definition) is 8. The van der Waals surface area contributed by atoms with Gasteiger partial charge in [-0.1, -0.05) is 24.3 Å². The van der Waals surface area contributed by atoms with Crippen LogP contribution in [-0.2, 0) is 9.59 Å². The number of carboxylic acid groups (broad SMARTS) is 1. The maximum absolute atomic E-state index is 13.4. The average molecular weight is 628 g/mol. The first-order valence-corrected chi connectivity index (χ1v) is 15.4. The van der Waals surface area contributed by atoms with Crippen LogP contribution in [0, 0.1) is 0 Å². The summed E-state index contributed by atoms with van der Waals surface area (Å²) in [4.78, 5) is 59.7. The highest BCUT2D eigenvalue weighted by Gasteiger charge is 2.24. The summed E-state index contributed by atoms with van der Waals surface area (Å²) >= 11 is 1.36. The number of anilines is 2. The van der Waals surface area contributed by atoms with Crippen molar-refractivity contribution in [3.05, 3.63) is 107 Å². The molecule has 3 heterocycles. The maximum Gasteiger partial charge on any atom is 0.305 e. The van der Waals surface area contributed by atoms with E-state index in [4.69, 9.17) is 4.74 Å². The lowest BCUT2D eigenvalue weighted by Gasteiger charge is -2.26. The Morgan fingerprint density at radius 3 is 2.51 bits per heavy atom. The van der Waals surface area contributed by atoms with Gasteiger partial charge in [-0.25, -0.2) is 0 Å². The molecule has 0 radical (unpaired) electrons. The predicted molar refractivity (Wildman–Crippen MR) is 171 cm³/mol. The number of thiophene rings is 1. The molecule has 0 aliphatic carbocycles. The van der Waals surface area contributed by atoms with E-state index in [0.29, 0.717) is 55.3 Å². The van der Waals surface area contributed by atoms with Crippen LogP contribution in [0.5, 0.6) is 5.75 Å². The topological polar surface area (TPSA) is 141 Å². The number of hydrogen-bond donors (Lipinski definition) is 3. The number of pyridine rings is 1. The Kier molecular flexibility index (Phi) is 10.4. The van der Waals surface area contributed by atoms with Crippen LogP contribution in [0.4, 0.5) is 11.4 Å². The second-order valence-electron chi connectivity index (χ2n) is 10.4. The Balaban J connectivity index is 1.36. The van der Waals surface area contributed by atoms with Gasteiger partial charge in [0, 0.05) is 49.0 Å². The van der Waals surface area contributed by atoms with E-state index in [2.05, 4.69) is 20.5 Å². The number of carbonyl (C=O) groups is 4. The van der Waals surface area contributed by atoms with E-state index < -0.39 is 23.8 Å². The fourth-order valence-electron chi connectivity index (χ4n) is 5.07. The molecule has 4 aromatic rings. The summed E-state index contributed by atoms with van der Waals surface area (Å²) in [6.07, 6.45) is 3.60. The molecule has 1 unspecified atom stereocenters. The van der Waals surface area contributed by atoms with E-state index in [9.17, 15) is 24.3 Å². The van der Waals surface area contributed by atoms with Crippen LogP contribution in [0.3, 0.4) is 0 Å². The maximum atomic E-state index is 13.4. The first-order valence-electron chi connectivity index (χ1n) is 14.5. The minimum absolute atomic E-state index is 0.0924. The van der Waals surface area contributed by atoms with Gasteiger partial charge in [-0.3, -0.25) is 24.2 Å². The summed E-state index contributed by atoms with van der Waals surface area (Å²) in [6.45, 7) is 1.89. The van der Waals surface area contributed by atoms with Crippen molar-refractivity contribution in [3.8, 4) is 5.75 Å². The molecular formula is C33H33N5O6S. The molecule has 0 bridgehead atoms. The molecule has 11 nitrogen and oxygen atoms in total. The van der Waals surface area contributed by atoms with Crippen molar-refractivity contribution < 1.29 is 29.0 Å². The largest absolute Gasteiger partial charge is 0.484 e. The van der Waals surface area contributed by atoms with Gasteiger partial charge in [0.05, 0.1) is 29.4 Å². The number of aliphatic carboxylic acids is 1. The normalized spacial score (nSPS) is 13.8. The average Bonchev–Trinajstić information content (AvgIpc) is 3.49. The van der Waals surface area contributed by atoms with Crippen LogP contribution in [0.25, 0.3) is 0 Å². The number of carbonyl (C=O) groups excluding carboxylic acids is 3. The van der Waals surface area contributed by atoms with E-state index in [0.717, 1.165) is 4.88 Å². The zero-order valence-corrected chi connectivity index (χ0v) is 25.2. The zero-order valence-electron chi connectivity index (χ0n) is 24.4. The molecule has 1 aliphatic rings. The van der Waals surface area contributed by atoms with E-state index in [1.165, 1.54) is 11.3 Å². The van der Waals surface area contributed by atoms with Gasteiger partial charge in [-0.15, -0.1) is 11.3 Å². The molecule has 1 fully saturated rings. The fourth-order valence-corrected chi connectivity index (χ4v) is 5.84. The Morgan fingerprint density at radius 2 is 1.78 bits per heavy atom. The van der Waals surface area contributed by atoms with Crippen LogP contribution < -0.4 is 20.3 Å². The van der Waals surface area contributed by atoms with Gasteiger partial charge in [0.2, 0.25) is 0 Å². The van der Waals surface area contributed by atoms with Gasteiger partial charge in [0.1, 0.15) is 5.75 Å². The Morgan fingerprint density at radius 1 is 0.933 bits per heavy atom. The van der Waals surface area contributed by atoms with Crippen LogP contribution in [0.1, 0.15) is 44.5 Å². The summed E-state index contributed by atoms with van der Waals surface area (Å²) in [7, 11) is 0. The van der Waals surface area contributed by atoms with E-state index >= 15 is 0 Å². The van der Waals surface area contributed by atoms with Gasteiger partial charge in [0.25, 0.3) is 17.7 Å².